The van der Waals surface area contributed by atoms with Crippen molar-refractivity contribution in [3.63, 3.8) is 0 Å². The van der Waals surface area contributed by atoms with Gasteiger partial charge < -0.3 is 9.88 Å². The van der Waals surface area contributed by atoms with E-state index in [0.29, 0.717) is 6.54 Å². The van der Waals surface area contributed by atoms with Gasteiger partial charge in [0, 0.05) is 32.4 Å². The van der Waals surface area contributed by atoms with Gasteiger partial charge in [-0.1, -0.05) is 6.92 Å². The zero-order chi connectivity index (χ0) is 12.5. The smallest absolute Gasteiger partial charge is 0.262 e. The van der Waals surface area contributed by atoms with E-state index < -0.39 is 10.0 Å². The summed E-state index contributed by atoms with van der Waals surface area (Å²) in [6.45, 7) is 6.45. The largest absolute Gasteiger partial charge is 0.336 e. The van der Waals surface area contributed by atoms with Gasteiger partial charge in [0.1, 0.15) is 0 Å². The van der Waals surface area contributed by atoms with Crippen LogP contribution in [0.15, 0.2) is 17.6 Å². The van der Waals surface area contributed by atoms with Crippen molar-refractivity contribution in [2.75, 3.05) is 19.6 Å². The van der Waals surface area contributed by atoms with Crippen molar-refractivity contribution in [3.05, 3.63) is 12.5 Å². The number of rotatable bonds is 5. The summed E-state index contributed by atoms with van der Waals surface area (Å²) in [5.41, 5.74) is 0. The molecule has 2 heterocycles. The monoisotopic (exact) mass is 258 g/mol. The standard InChI is InChI=1S/C10H18N4O2S/c1-3-13-7-10(12-8-13)17(15,16)14(4-2)9-5-11-6-9/h7-9,11H,3-6H2,1-2H3. The second-order valence-corrected chi connectivity index (χ2v) is 5.90. The lowest BCUT2D eigenvalue weighted by Crippen LogP contribution is -2.58. The van der Waals surface area contributed by atoms with Crippen molar-refractivity contribution < 1.29 is 8.42 Å². The van der Waals surface area contributed by atoms with Gasteiger partial charge in [-0.2, -0.15) is 4.31 Å². The SMILES string of the molecule is CCN(C1CNC1)S(=O)(=O)c1cn(CC)cn1. The van der Waals surface area contributed by atoms with E-state index in [1.807, 2.05) is 13.8 Å². The Balaban J connectivity index is 2.27. The van der Waals surface area contributed by atoms with E-state index in [-0.39, 0.29) is 11.1 Å². The zero-order valence-electron chi connectivity index (χ0n) is 10.1. The van der Waals surface area contributed by atoms with Crippen LogP contribution in [0.1, 0.15) is 13.8 Å². The van der Waals surface area contributed by atoms with Crippen LogP contribution in [-0.2, 0) is 16.6 Å². The third kappa shape index (κ3) is 2.22. The first-order chi connectivity index (χ1) is 8.09. The lowest BCUT2D eigenvalue weighted by Gasteiger charge is -2.36. The number of hydrogen-bond acceptors (Lipinski definition) is 4. The molecule has 1 aromatic heterocycles. The molecule has 96 valence electrons. The highest BCUT2D eigenvalue weighted by atomic mass is 32.2. The van der Waals surface area contributed by atoms with Crippen LogP contribution >= 0.6 is 0 Å². The van der Waals surface area contributed by atoms with E-state index in [9.17, 15) is 8.42 Å². The van der Waals surface area contributed by atoms with Crippen LogP contribution in [0.5, 0.6) is 0 Å². The third-order valence-electron chi connectivity index (χ3n) is 3.03. The Morgan fingerprint density at radius 1 is 1.53 bits per heavy atom. The number of likely N-dealkylation sites (N-methyl/N-ethyl adjacent to an activating group) is 1. The van der Waals surface area contributed by atoms with Gasteiger partial charge in [-0.3, -0.25) is 0 Å². The number of sulfonamides is 1. The van der Waals surface area contributed by atoms with Gasteiger partial charge in [-0.25, -0.2) is 13.4 Å². The van der Waals surface area contributed by atoms with E-state index >= 15 is 0 Å². The highest BCUT2D eigenvalue weighted by Gasteiger charge is 2.34. The van der Waals surface area contributed by atoms with Crippen LogP contribution < -0.4 is 5.32 Å². The summed E-state index contributed by atoms with van der Waals surface area (Å²) in [5.74, 6) is 0. The van der Waals surface area contributed by atoms with Crippen LogP contribution in [0.3, 0.4) is 0 Å². The molecule has 2 rings (SSSR count). The molecule has 0 unspecified atom stereocenters. The van der Waals surface area contributed by atoms with E-state index in [1.54, 1.807) is 17.1 Å². The van der Waals surface area contributed by atoms with Crippen molar-refractivity contribution >= 4 is 10.0 Å². The first-order valence-corrected chi connectivity index (χ1v) is 7.28. The Bertz CT molecular complexity index is 478. The summed E-state index contributed by atoms with van der Waals surface area (Å²) in [6, 6.07) is 0.0665. The van der Waals surface area contributed by atoms with E-state index in [2.05, 4.69) is 10.3 Å². The number of aryl methyl sites for hydroxylation is 1. The molecule has 0 bridgehead atoms. The van der Waals surface area contributed by atoms with Crippen LogP contribution in [0, 0.1) is 0 Å². The van der Waals surface area contributed by atoms with E-state index in [4.69, 9.17) is 0 Å². The highest BCUT2D eigenvalue weighted by molar-refractivity contribution is 7.89. The Morgan fingerprint density at radius 3 is 2.65 bits per heavy atom. The molecule has 0 aliphatic carbocycles. The number of imidazole rings is 1. The molecule has 7 heteroatoms. The summed E-state index contributed by atoms with van der Waals surface area (Å²) in [6.07, 6.45) is 3.14. The molecule has 0 amide bonds. The number of hydrogen-bond donors (Lipinski definition) is 1. The highest BCUT2D eigenvalue weighted by Crippen LogP contribution is 2.18. The summed E-state index contributed by atoms with van der Waals surface area (Å²) in [5, 5.41) is 3.23. The lowest BCUT2D eigenvalue weighted by atomic mass is 10.2. The molecule has 0 aromatic carbocycles. The normalized spacial score (nSPS) is 17.4. The van der Waals surface area contributed by atoms with Crippen molar-refractivity contribution in [2.45, 2.75) is 31.5 Å². The van der Waals surface area contributed by atoms with Crippen molar-refractivity contribution in [1.29, 1.82) is 0 Å². The Hall–Kier alpha value is -0.920. The van der Waals surface area contributed by atoms with Crippen molar-refractivity contribution in [2.24, 2.45) is 0 Å². The number of nitrogens with one attached hydrogen (secondary N) is 1. The van der Waals surface area contributed by atoms with Gasteiger partial charge in [-0.15, -0.1) is 0 Å². The molecule has 17 heavy (non-hydrogen) atoms. The number of nitrogens with zero attached hydrogens (tertiary/aromatic N) is 3. The molecule has 1 N–H and O–H groups in total. The molecule has 0 atom stereocenters. The summed E-state index contributed by atoms with van der Waals surface area (Å²) in [7, 11) is -3.44. The topological polar surface area (TPSA) is 67.2 Å². The molecule has 6 nitrogen and oxygen atoms in total. The van der Waals surface area contributed by atoms with Crippen LogP contribution in [0.4, 0.5) is 0 Å². The fourth-order valence-electron chi connectivity index (χ4n) is 1.87. The Kier molecular flexibility index (Phi) is 3.50. The molecule has 0 saturated carbocycles. The minimum Gasteiger partial charge on any atom is -0.336 e. The maximum atomic E-state index is 12.3. The first kappa shape index (κ1) is 12.5. The molecule has 1 aliphatic rings. The van der Waals surface area contributed by atoms with Gasteiger partial charge in [0.15, 0.2) is 5.03 Å². The summed E-state index contributed by atoms with van der Waals surface area (Å²) < 4.78 is 28.0. The zero-order valence-corrected chi connectivity index (χ0v) is 10.9. The maximum absolute atomic E-state index is 12.3. The van der Waals surface area contributed by atoms with Crippen LogP contribution in [0.25, 0.3) is 0 Å². The fraction of sp³-hybridized carbons (Fsp3) is 0.700. The van der Waals surface area contributed by atoms with Crippen molar-refractivity contribution in [1.82, 2.24) is 19.2 Å². The van der Waals surface area contributed by atoms with Gasteiger partial charge in [0.05, 0.1) is 12.4 Å². The average Bonchev–Trinajstić information content (AvgIpc) is 2.71. The summed E-state index contributed by atoms with van der Waals surface area (Å²) in [4.78, 5) is 3.98. The second-order valence-electron chi connectivity index (χ2n) is 4.06. The number of aromatic nitrogens is 2. The van der Waals surface area contributed by atoms with Gasteiger partial charge in [-0.05, 0) is 6.92 Å². The Morgan fingerprint density at radius 2 is 2.24 bits per heavy atom. The van der Waals surface area contributed by atoms with E-state index in [1.165, 1.54) is 4.31 Å². The van der Waals surface area contributed by atoms with Gasteiger partial charge in [0.2, 0.25) is 0 Å². The van der Waals surface area contributed by atoms with Crippen LogP contribution in [0.2, 0.25) is 0 Å². The molecule has 1 saturated heterocycles. The minimum absolute atomic E-state index is 0.0665. The second kappa shape index (κ2) is 4.75. The van der Waals surface area contributed by atoms with E-state index in [0.717, 1.165) is 19.6 Å². The summed E-state index contributed by atoms with van der Waals surface area (Å²) >= 11 is 0. The molecular weight excluding hydrogens is 240 g/mol. The molecule has 1 fully saturated rings. The quantitative estimate of drug-likeness (QED) is 0.800. The molecule has 0 spiro atoms. The lowest BCUT2D eigenvalue weighted by molar-refractivity contribution is 0.249. The minimum atomic E-state index is -3.44. The predicted octanol–water partition coefficient (Wildman–Crippen LogP) is -0.115. The maximum Gasteiger partial charge on any atom is 0.262 e. The van der Waals surface area contributed by atoms with Crippen molar-refractivity contribution in [3.8, 4) is 0 Å². The molecule has 1 aromatic rings. The van der Waals surface area contributed by atoms with Gasteiger partial charge in [0.25, 0.3) is 10.0 Å². The first-order valence-electron chi connectivity index (χ1n) is 5.84. The molecular formula is C10H18N4O2S. The third-order valence-corrected chi connectivity index (χ3v) is 4.94. The predicted molar refractivity (Wildman–Crippen MR) is 64.1 cm³/mol. The van der Waals surface area contributed by atoms with Crippen LogP contribution in [-0.4, -0.2) is 48.0 Å². The molecule has 0 radical (unpaired) electrons. The fourth-order valence-corrected chi connectivity index (χ4v) is 3.44. The average molecular weight is 258 g/mol. The van der Waals surface area contributed by atoms with Gasteiger partial charge >= 0.3 is 0 Å². The molecule has 1 aliphatic heterocycles. The Labute approximate surface area is 102 Å².